The molecule has 160 valence electrons. The minimum absolute atomic E-state index is 0.0558. The predicted octanol–water partition coefficient (Wildman–Crippen LogP) is 4.84. The van der Waals surface area contributed by atoms with Crippen molar-refractivity contribution < 1.29 is 14.3 Å². The van der Waals surface area contributed by atoms with Crippen LogP contribution in [0.4, 0.5) is 0 Å². The molecule has 1 aliphatic heterocycles. The van der Waals surface area contributed by atoms with Crippen molar-refractivity contribution in [1.29, 1.82) is 0 Å². The van der Waals surface area contributed by atoms with E-state index in [1.165, 1.54) is 32.1 Å². The van der Waals surface area contributed by atoms with E-state index in [4.69, 9.17) is 27.9 Å². The lowest BCUT2D eigenvalue weighted by atomic mass is 9.86. The number of rotatable bonds is 7. The normalized spacial score (nSPS) is 18.5. The highest BCUT2D eigenvalue weighted by molar-refractivity contribution is 6.35. The van der Waals surface area contributed by atoms with E-state index in [0.717, 1.165) is 25.2 Å². The van der Waals surface area contributed by atoms with Crippen molar-refractivity contribution in [1.82, 2.24) is 10.2 Å². The Kier molecular flexibility index (Phi) is 8.49. The molecule has 7 heteroatoms. The number of hydrogen-bond donors (Lipinski definition) is 1. The van der Waals surface area contributed by atoms with Gasteiger partial charge in [-0.05, 0) is 43.4 Å². The highest BCUT2D eigenvalue weighted by atomic mass is 35.5. The molecule has 3 rings (SSSR count). The van der Waals surface area contributed by atoms with Crippen LogP contribution in [0.15, 0.2) is 18.2 Å². The average Bonchev–Trinajstić information content (AvgIpc) is 2.73. The van der Waals surface area contributed by atoms with Gasteiger partial charge in [-0.1, -0.05) is 55.3 Å². The van der Waals surface area contributed by atoms with Crippen LogP contribution >= 0.6 is 23.2 Å². The summed E-state index contributed by atoms with van der Waals surface area (Å²) in [6.07, 6.45) is 9.71. The Labute approximate surface area is 183 Å². The Bertz CT molecular complexity index is 699. The largest absolute Gasteiger partial charge is 0.482 e. The van der Waals surface area contributed by atoms with Crippen molar-refractivity contribution in [2.24, 2.45) is 5.92 Å². The van der Waals surface area contributed by atoms with E-state index in [1.54, 1.807) is 23.1 Å². The van der Waals surface area contributed by atoms with Gasteiger partial charge < -0.3 is 15.0 Å². The van der Waals surface area contributed by atoms with E-state index in [1.807, 2.05) is 0 Å². The van der Waals surface area contributed by atoms with Gasteiger partial charge in [0, 0.05) is 30.6 Å². The SMILES string of the molecule is O=C(CCC1CCCCC1)NC1CCN(C(=O)COc2ccc(Cl)cc2Cl)CC1. The maximum Gasteiger partial charge on any atom is 0.260 e. The first-order valence-corrected chi connectivity index (χ1v) is 11.4. The van der Waals surface area contributed by atoms with Crippen LogP contribution in [0.2, 0.25) is 10.0 Å². The molecule has 1 aromatic rings. The van der Waals surface area contributed by atoms with Gasteiger partial charge in [-0.15, -0.1) is 0 Å². The molecule has 0 atom stereocenters. The molecular formula is C22H30Cl2N2O3. The van der Waals surface area contributed by atoms with Crippen molar-refractivity contribution in [3.63, 3.8) is 0 Å². The van der Waals surface area contributed by atoms with E-state index in [2.05, 4.69) is 5.32 Å². The summed E-state index contributed by atoms with van der Waals surface area (Å²) >= 11 is 11.9. The van der Waals surface area contributed by atoms with Crippen LogP contribution in [0.3, 0.4) is 0 Å². The summed E-state index contributed by atoms with van der Waals surface area (Å²) in [5, 5.41) is 4.06. The molecule has 2 aliphatic rings. The predicted molar refractivity (Wildman–Crippen MR) is 116 cm³/mol. The van der Waals surface area contributed by atoms with Crippen LogP contribution in [-0.2, 0) is 9.59 Å². The van der Waals surface area contributed by atoms with Crippen LogP contribution in [0.5, 0.6) is 5.75 Å². The molecule has 1 heterocycles. The summed E-state index contributed by atoms with van der Waals surface area (Å²) in [4.78, 5) is 26.4. The van der Waals surface area contributed by atoms with Crippen molar-refractivity contribution in [2.75, 3.05) is 19.7 Å². The maximum atomic E-state index is 12.4. The summed E-state index contributed by atoms with van der Waals surface area (Å²) < 4.78 is 5.54. The molecular weight excluding hydrogens is 411 g/mol. The van der Waals surface area contributed by atoms with Crippen LogP contribution in [-0.4, -0.2) is 42.5 Å². The van der Waals surface area contributed by atoms with Gasteiger partial charge in [-0.25, -0.2) is 0 Å². The fourth-order valence-electron chi connectivity index (χ4n) is 4.21. The molecule has 0 aromatic heterocycles. The number of hydrogen-bond acceptors (Lipinski definition) is 3. The number of nitrogens with one attached hydrogen (secondary N) is 1. The van der Waals surface area contributed by atoms with Crippen LogP contribution in [0.25, 0.3) is 0 Å². The molecule has 0 radical (unpaired) electrons. The molecule has 29 heavy (non-hydrogen) atoms. The minimum Gasteiger partial charge on any atom is -0.482 e. The van der Waals surface area contributed by atoms with E-state index in [-0.39, 0.29) is 24.5 Å². The Balaban J connectivity index is 1.33. The number of ether oxygens (including phenoxy) is 1. The number of carbonyl (C=O) groups excluding carboxylic acids is 2. The quantitative estimate of drug-likeness (QED) is 0.659. The number of benzene rings is 1. The van der Waals surface area contributed by atoms with Gasteiger partial charge in [-0.2, -0.15) is 0 Å². The smallest absolute Gasteiger partial charge is 0.260 e. The van der Waals surface area contributed by atoms with Crippen LogP contribution in [0.1, 0.15) is 57.8 Å². The monoisotopic (exact) mass is 440 g/mol. The lowest BCUT2D eigenvalue weighted by molar-refractivity contribution is -0.134. The molecule has 2 amide bonds. The summed E-state index contributed by atoms with van der Waals surface area (Å²) in [6, 6.07) is 5.08. The molecule has 5 nitrogen and oxygen atoms in total. The van der Waals surface area contributed by atoms with Gasteiger partial charge in [-0.3, -0.25) is 9.59 Å². The van der Waals surface area contributed by atoms with E-state index >= 15 is 0 Å². The number of halogens is 2. The summed E-state index contributed by atoms with van der Waals surface area (Å²) in [5.74, 6) is 1.26. The van der Waals surface area contributed by atoms with Gasteiger partial charge >= 0.3 is 0 Å². The van der Waals surface area contributed by atoms with E-state index in [0.29, 0.717) is 35.3 Å². The number of piperidine rings is 1. The molecule has 1 N–H and O–H groups in total. The van der Waals surface area contributed by atoms with E-state index < -0.39 is 0 Å². The Morgan fingerprint density at radius 1 is 1.07 bits per heavy atom. The standard InChI is InChI=1S/C22H30Cl2N2O3/c23-17-7-8-20(19(24)14-17)29-15-22(28)26-12-10-18(11-13-26)25-21(27)9-6-16-4-2-1-3-5-16/h7-8,14,16,18H,1-6,9-13,15H2,(H,25,27). The molecule has 0 spiro atoms. The van der Waals surface area contributed by atoms with Crippen molar-refractivity contribution in [3.8, 4) is 5.75 Å². The maximum absolute atomic E-state index is 12.4. The summed E-state index contributed by atoms with van der Waals surface area (Å²) in [7, 11) is 0. The second-order valence-electron chi connectivity index (χ2n) is 8.13. The topological polar surface area (TPSA) is 58.6 Å². The van der Waals surface area contributed by atoms with E-state index in [9.17, 15) is 9.59 Å². The van der Waals surface area contributed by atoms with Crippen molar-refractivity contribution >= 4 is 35.0 Å². The third-order valence-electron chi connectivity index (χ3n) is 5.96. The highest BCUT2D eigenvalue weighted by Gasteiger charge is 2.24. The molecule has 1 saturated heterocycles. The average molecular weight is 441 g/mol. The first-order valence-electron chi connectivity index (χ1n) is 10.7. The van der Waals surface area contributed by atoms with Crippen molar-refractivity contribution in [3.05, 3.63) is 28.2 Å². The summed E-state index contributed by atoms with van der Waals surface area (Å²) in [5.41, 5.74) is 0. The Morgan fingerprint density at radius 3 is 2.48 bits per heavy atom. The van der Waals surface area contributed by atoms with Crippen LogP contribution < -0.4 is 10.1 Å². The molecule has 0 unspecified atom stereocenters. The number of carbonyl (C=O) groups is 2. The molecule has 0 bridgehead atoms. The molecule has 2 fully saturated rings. The van der Waals surface area contributed by atoms with Crippen molar-refractivity contribution in [2.45, 2.75) is 63.8 Å². The van der Waals surface area contributed by atoms with Gasteiger partial charge in [0.25, 0.3) is 5.91 Å². The third-order valence-corrected chi connectivity index (χ3v) is 6.49. The third kappa shape index (κ3) is 7.07. The van der Waals surface area contributed by atoms with Crippen LogP contribution in [0, 0.1) is 5.92 Å². The first kappa shape index (κ1) is 22.2. The highest BCUT2D eigenvalue weighted by Crippen LogP contribution is 2.28. The lowest BCUT2D eigenvalue weighted by Gasteiger charge is -2.32. The molecule has 1 saturated carbocycles. The fourth-order valence-corrected chi connectivity index (χ4v) is 4.67. The first-order chi connectivity index (χ1) is 14.0. The molecule has 1 aliphatic carbocycles. The van der Waals surface area contributed by atoms with Gasteiger partial charge in [0.2, 0.25) is 5.91 Å². The zero-order chi connectivity index (χ0) is 20.6. The number of amides is 2. The second kappa shape index (κ2) is 11.1. The second-order valence-corrected chi connectivity index (χ2v) is 8.97. The zero-order valence-corrected chi connectivity index (χ0v) is 18.3. The minimum atomic E-state index is -0.0712. The Hall–Kier alpha value is -1.46. The van der Waals surface area contributed by atoms with Gasteiger partial charge in [0.05, 0.1) is 5.02 Å². The lowest BCUT2D eigenvalue weighted by Crippen LogP contribution is -2.47. The Morgan fingerprint density at radius 2 is 1.79 bits per heavy atom. The fraction of sp³-hybridized carbons (Fsp3) is 0.636. The molecule has 1 aromatic carbocycles. The number of likely N-dealkylation sites (tertiary alicyclic amines) is 1. The van der Waals surface area contributed by atoms with Gasteiger partial charge in [0.15, 0.2) is 6.61 Å². The van der Waals surface area contributed by atoms with Gasteiger partial charge in [0.1, 0.15) is 5.75 Å². The number of nitrogens with zero attached hydrogens (tertiary/aromatic N) is 1. The zero-order valence-electron chi connectivity index (χ0n) is 16.8. The summed E-state index contributed by atoms with van der Waals surface area (Å²) in [6.45, 7) is 1.20.